The molecular formula is C16H19N7O2S. The number of primary sulfonamides is 1. The summed E-state index contributed by atoms with van der Waals surface area (Å²) in [5.74, 6) is 2.07. The second-order valence-electron chi connectivity index (χ2n) is 6.21. The molecule has 136 valence electrons. The maximum Gasteiger partial charge on any atom is 0.256 e. The van der Waals surface area contributed by atoms with E-state index < -0.39 is 10.0 Å². The smallest absolute Gasteiger partial charge is 0.256 e. The van der Waals surface area contributed by atoms with Crippen LogP contribution in [0, 0.1) is 0 Å². The van der Waals surface area contributed by atoms with Crippen LogP contribution in [0.4, 0.5) is 17.3 Å². The molecule has 1 fully saturated rings. The van der Waals surface area contributed by atoms with Gasteiger partial charge in [0.15, 0.2) is 0 Å². The van der Waals surface area contributed by atoms with E-state index in [9.17, 15) is 8.42 Å². The lowest BCUT2D eigenvalue weighted by Crippen LogP contribution is -2.30. The van der Waals surface area contributed by atoms with Gasteiger partial charge >= 0.3 is 0 Å². The highest BCUT2D eigenvalue weighted by molar-refractivity contribution is 7.89. The van der Waals surface area contributed by atoms with Crippen molar-refractivity contribution < 1.29 is 8.42 Å². The number of aromatic nitrogens is 4. The number of nitrogens with zero attached hydrogens (tertiary/aromatic N) is 5. The van der Waals surface area contributed by atoms with Crippen molar-refractivity contribution in [2.75, 3.05) is 23.3 Å². The van der Waals surface area contributed by atoms with Gasteiger partial charge in [0.25, 0.3) is 5.78 Å². The third kappa shape index (κ3) is 3.33. The van der Waals surface area contributed by atoms with E-state index in [-0.39, 0.29) is 4.90 Å². The van der Waals surface area contributed by atoms with E-state index in [4.69, 9.17) is 5.14 Å². The molecule has 3 aromatic rings. The van der Waals surface area contributed by atoms with Crippen molar-refractivity contribution in [1.82, 2.24) is 19.6 Å². The molecule has 1 saturated heterocycles. The summed E-state index contributed by atoms with van der Waals surface area (Å²) in [6, 6.07) is 8.17. The molecule has 0 aliphatic carbocycles. The molecule has 2 aromatic heterocycles. The number of rotatable bonds is 4. The van der Waals surface area contributed by atoms with Crippen LogP contribution in [0.3, 0.4) is 0 Å². The monoisotopic (exact) mass is 373 g/mol. The number of nitrogens with two attached hydrogens (primary N) is 1. The van der Waals surface area contributed by atoms with Crippen LogP contribution < -0.4 is 15.4 Å². The highest BCUT2D eigenvalue weighted by atomic mass is 32.2. The first kappa shape index (κ1) is 16.7. The Balaban J connectivity index is 1.67. The molecule has 10 heteroatoms. The maximum atomic E-state index is 11.4. The van der Waals surface area contributed by atoms with Crippen molar-refractivity contribution >= 4 is 33.1 Å². The molecule has 1 aliphatic rings. The fourth-order valence-corrected chi connectivity index (χ4v) is 3.57. The third-order valence-electron chi connectivity index (χ3n) is 4.37. The summed E-state index contributed by atoms with van der Waals surface area (Å²) in [5, 5.41) is 12.6. The molecule has 4 rings (SSSR count). The third-order valence-corrected chi connectivity index (χ3v) is 5.30. The first-order chi connectivity index (χ1) is 12.5. The molecule has 26 heavy (non-hydrogen) atoms. The van der Waals surface area contributed by atoms with Crippen molar-refractivity contribution in [1.29, 1.82) is 0 Å². The largest absolute Gasteiger partial charge is 0.356 e. The van der Waals surface area contributed by atoms with Gasteiger partial charge in [-0.15, -0.1) is 0 Å². The van der Waals surface area contributed by atoms with Gasteiger partial charge in [-0.1, -0.05) is 0 Å². The lowest BCUT2D eigenvalue weighted by Gasteiger charge is -2.28. The predicted octanol–water partition coefficient (Wildman–Crippen LogP) is 1.51. The highest BCUT2D eigenvalue weighted by Crippen LogP contribution is 2.24. The molecular weight excluding hydrogens is 354 g/mol. The first-order valence-corrected chi connectivity index (χ1v) is 9.91. The summed E-state index contributed by atoms with van der Waals surface area (Å²) in [5.41, 5.74) is 0.713. The lowest BCUT2D eigenvalue weighted by atomic mass is 10.1. The van der Waals surface area contributed by atoms with Gasteiger partial charge in [0.1, 0.15) is 18.0 Å². The van der Waals surface area contributed by atoms with Crippen LogP contribution in [0.1, 0.15) is 19.3 Å². The average Bonchev–Trinajstić information content (AvgIpc) is 3.11. The molecule has 0 unspecified atom stereocenters. The van der Waals surface area contributed by atoms with Crippen molar-refractivity contribution in [3.05, 3.63) is 36.7 Å². The topological polar surface area (TPSA) is 119 Å². The summed E-state index contributed by atoms with van der Waals surface area (Å²) in [6.45, 7) is 1.94. The highest BCUT2D eigenvalue weighted by Gasteiger charge is 2.16. The fourth-order valence-electron chi connectivity index (χ4n) is 3.05. The van der Waals surface area contributed by atoms with Crippen LogP contribution in [0.15, 0.2) is 41.6 Å². The van der Waals surface area contributed by atoms with Crippen LogP contribution in [-0.2, 0) is 10.0 Å². The van der Waals surface area contributed by atoms with E-state index in [0.717, 1.165) is 31.7 Å². The Morgan fingerprint density at radius 1 is 1.08 bits per heavy atom. The van der Waals surface area contributed by atoms with Crippen molar-refractivity contribution in [2.45, 2.75) is 24.2 Å². The van der Waals surface area contributed by atoms with Gasteiger partial charge in [0.05, 0.1) is 4.90 Å². The number of anilines is 3. The fraction of sp³-hybridized carbons (Fsp3) is 0.312. The first-order valence-electron chi connectivity index (χ1n) is 8.36. The summed E-state index contributed by atoms with van der Waals surface area (Å²) in [4.78, 5) is 11.1. The Morgan fingerprint density at radius 2 is 1.81 bits per heavy atom. The zero-order valence-corrected chi connectivity index (χ0v) is 14.9. The van der Waals surface area contributed by atoms with Gasteiger partial charge in [-0.05, 0) is 43.5 Å². The molecule has 0 spiro atoms. The van der Waals surface area contributed by atoms with Crippen LogP contribution in [0.25, 0.3) is 5.78 Å². The van der Waals surface area contributed by atoms with Gasteiger partial charge in [0.2, 0.25) is 10.0 Å². The number of hydrogen-bond acceptors (Lipinski definition) is 7. The van der Waals surface area contributed by atoms with Crippen LogP contribution in [0.2, 0.25) is 0 Å². The minimum atomic E-state index is -3.71. The van der Waals surface area contributed by atoms with Crippen molar-refractivity contribution in [2.24, 2.45) is 5.14 Å². The van der Waals surface area contributed by atoms with Crippen molar-refractivity contribution in [3.8, 4) is 0 Å². The minimum absolute atomic E-state index is 0.0673. The summed E-state index contributed by atoms with van der Waals surface area (Å²) < 4.78 is 24.4. The molecule has 0 radical (unpaired) electrons. The molecule has 0 amide bonds. The normalized spacial score (nSPS) is 15.3. The van der Waals surface area contributed by atoms with Gasteiger partial charge in [-0.2, -0.15) is 19.6 Å². The molecule has 3 heterocycles. The van der Waals surface area contributed by atoms with E-state index in [2.05, 4.69) is 25.3 Å². The number of benzene rings is 1. The summed E-state index contributed by atoms with van der Waals surface area (Å²) in [7, 11) is -3.71. The molecule has 0 saturated carbocycles. The zero-order chi connectivity index (χ0) is 18.1. The minimum Gasteiger partial charge on any atom is -0.356 e. The van der Waals surface area contributed by atoms with Gasteiger partial charge < -0.3 is 10.2 Å². The van der Waals surface area contributed by atoms with Gasteiger partial charge in [-0.25, -0.2) is 13.6 Å². The molecule has 9 nitrogen and oxygen atoms in total. The van der Waals surface area contributed by atoms with Crippen LogP contribution in [-0.4, -0.2) is 41.1 Å². The number of fused-ring (bicyclic) bond motifs is 1. The van der Waals surface area contributed by atoms with E-state index >= 15 is 0 Å². The molecule has 1 aromatic carbocycles. The number of hydrogen-bond donors (Lipinski definition) is 2. The second-order valence-corrected chi connectivity index (χ2v) is 7.77. The Labute approximate surface area is 150 Å². The molecule has 0 atom stereocenters. The average molecular weight is 373 g/mol. The van der Waals surface area contributed by atoms with Crippen LogP contribution >= 0.6 is 0 Å². The number of nitrogens with one attached hydrogen (secondary N) is 1. The van der Waals surface area contributed by atoms with Gasteiger partial charge in [0, 0.05) is 24.8 Å². The Kier molecular flexibility index (Phi) is 4.21. The molecule has 3 N–H and O–H groups in total. The van der Waals surface area contributed by atoms with E-state index in [0.29, 0.717) is 17.3 Å². The van der Waals surface area contributed by atoms with Crippen molar-refractivity contribution in [3.63, 3.8) is 0 Å². The number of sulfonamides is 1. The number of piperidine rings is 1. The lowest BCUT2D eigenvalue weighted by molar-refractivity contribution is 0.573. The Morgan fingerprint density at radius 3 is 2.50 bits per heavy atom. The standard InChI is InChI=1S/C16H19N7O2S/c17-26(24,25)13-6-4-12(5-7-13)20-15-10-14(22-8-2-1-3-9-22)21-16-18-11-19-23(15)16/h4-7,10-11,20H,1-3,8-9H2,(H2,17,24,25). The quantitative estimate of drug-likeness (QED) is 0.711. The predicted molar refractivity (Wildman–Crippen MR) is 97.9 cm³/mol. The second kappa shape index (κ2) is 6.54. The summed E-state index contributed by atoms with van der Waals surface area (Å²) >= 11 is 0. The van der Waals surface area contributed by atoms with E-state index in [1.54, 1.807) is 16.6 Å². The van der Waals surface area contributed by atoms with E-state index in [1.807, 2.05) is 6.07 Å². The maximum absolute atomic E-state index is 11.4. The molecule has 0 bridgehead atoms. The Hall–Kier alpha value is -2.72. The Bertz CT molecular complexity index is 1020. The zero-order valence-electron chi connectivity index (χ0n) is 14.0. The van der Waals surface area contributed by atoms with Gasteiger partial charge in [-0.3, -0.25) is 0 Å². The van der Waals surface area contributed by atoms with Crippen LogP contribution in [0.5, 0.6) is 0 Å². The SMILES string of the molecule is NS(=O)(=O)c1ccc(Nc2cc(N3CCCCC3)nc3ncnn23)cc1. The molecule has 1 aliphatic heterocycles. The summed E-state index contributed by atoms with van der Waals surface area (Å²) in [6.07, 6.45) is 5.00. The van der Waals surface area contributed by atoms with E-state index in [1.165, 1.54) is 24.9 Å².